The van der Waals surface area contributed by atoms with Gasteiger partial charge >= 0.3 is 6.18 Å². The van der Waals surface area contributed by atoms with Gasteiger partial charge < -0.3 is 15.5 Å². The Kier molecular flexibility index (Phi) is 4.27. The molecule has 0 bridgehead atoms. The fraction of sp³-hybridized carbons (Fsp3) is 0.348. The second-order valence-corrected chi connectivity index (χ2v) is 9.11. The number of rotatable bonds is 2. The van der Waals surface area contributed by atoms with Gasteiger partial charge in [-0.1, -0.05) is 23.7 Å². The van der Waals surface area contributed by atoms with E-state index in [1.165, 1.54) is 24.3 Å². The number of aliphatic hydroxyl groups is 1. The van der Waals surface area contributed by atoms with Crippen molar-refractivity contribution in [1.82, 2.24) is 4.98 Å². The second-order valence-electron chi connectivity index (χ2n) is 8.67. The first-order valence-electron chi connectivity index (χ1n) is 9.99. The molecule has 5 rings (SSSR count). The molecule has 2 aliphatic carbocycles. The monoisotopic (exact) mass is 448 g/mol. The highest BCUT2D eigenvalue weighted by Gasteiger charge is 2.68. The third-order valence-electron chi connectivity index (χ3n) is 6.56. The maximum absolute atomic E-state index is 14.3. The van der Waals surface area contributed by atoms with Gasteiger partial charge in [-0.25, -0.2) is 0 Å². The van der Waals surface area contributed by atoms with E-state index in [0.29, 0.717) is 40.0 Å². The Hall–Kier alpha value is -2.51. The summed E-state index contributed by atoms with van der Waals surface area (Å²) in [5.74, 6) is -0.0423. The van der Waals surface area contributed by atoms with E-state index < -0.39 is 29.7 Å². The van der Waals surface area contributed by atoms with Crippen LogP contribution in [0.3, 0.4) is 0 Å². The van der Waals surface area contributed by atoms with Crippen LogP contribution < -0.4 is 5.32 Å². The summed E-state index contributed by atoms with van der Waals surface area (Å²) in [6.45, 7) is 1.81. The smallest absolute Gasteiger partial charge is 0.419 e. The standard InChI is InChI=1S/C23H20ClF3N2O2/c1-12-5-6-14-16(28-12)9-13(24)10-17(14)29-20-15-3-2-4-18(30)19(15)21(7-8-21)11-22(20,31)23(25,26)27/h2-6,9-10,20,29-31H,7-8,11H2,1H3/t20-,22-/m0/s1. The lowest BCUT2D eigenvalue weighted by molar-refractivity contribution is -0.274. The number of aryl methyl sites for hydroxylation is 1. The molecule has 0 amide bonds. The molecule has 1 fully saturated rings. The summed E-state index contributed by atoms with van der Waals surface area (Å²) in [7, 11) is 0. The summed E-state index contributed by atoms with van der Waals surface area (Å²) >= 11 is 6.23. The Balaban J connectivity index is 1.72. The lowest BCUT2D eigenvalue weighted by Gasteiger charge is -2.46. The quantitative estimate of drug-likeness (QED) is 0.464. The highest BCUT2D eigenvalue weighted by Crippen LogP contribution is 2.65. The average molecular weight is 449 g/mol. The summed E-state index contributed by atoms with van der Waals surface area (Å²) in [5.41, 5.74) is -1.52. The number of phenols is 1. The molecule has 4 nitrogen and oxygen atoms in total. The molecule has 1 spiro atoms. The predicted molar refractivity (Wildman–Crippen MR) is 112 cm³/mol. The number of anilines is 1. The maximum Gasteiger partial charge on any atom is 0.419 e. The largest absolute Gasteiger partial charge is 0.508 e. The molecule has 3 N–H and O–H groups in total. The molecule has 0 saturated heterocycles. The first-order chi connectivity index (χ1) is 14.5. The molecule has 0 unspecified atom stereocenters. The summed E-state index contributed by atoms with van der Waals surface area (Å²) in [4.78, 5) is 4.42. The van der Waals surface area contributed by atoms with Crippen molar-refractivity contribution < 1.29 is 23.4 Å². The number of alkyl halides is 3. The number of benzene rings is 2. The van der Waals surface area contributed by atoms with E-state index in [0.717, 1.165) is 5.69 Å². The van der Waals surface area contributed by atoms with E-state index in [2.05, 4.69) is 10.3 Å². The summed E-state index contributed by atoms with van der Waals surface area (Å²) in [6.07, 6.45) is -4.41. The summed E-state index contributed by atoms with van der Waals surface area (Å²) < 4.78 is 42.9. The van der Waals surface area contributed by atoms with Gasteiger partial charge in [-0.15, -0.1) is 0 Å². The number of hydrogen-bond acceptors (Lipinski definition) is 4. The second kappa shape index (κ2) is 6.50. The Morgan fingerprint density at radius 1 is 1.16 bits per heavy atom. The zero-order chi connectivity index (χ0) is 22.2. The zero-order valence-electron chi connectivity index (χ0n) is 16.6. The van der Waals surface area contributed by atoms with Gasteiger partial charge in [0.25, 0.3) is 0 Å². The Morgan fingerprint density at radius 3 is 2.58 bits per heavy atom. The Labute approximate surface area is 181 Å². The van der Waals surface area contributed by atoms with Gasteiger partial charge in [-0.05, 0) is 62.1 Å². The van der Waals surface area contributed by atoms with Crippen molar-refractivity contribution in [2.45, 2.75) is 49.4 Å². The number of fused-ring (bicyclic) bond motifs is 3. The lowest BCUT2D eigenvalue weighted by atomic mass is 9.68. The SMILES string of the molecule is Cc1ccc2c(N[C@H]3c4cccc(O)c4C4(CC4)C[C@@]3(O)C(F)(F)F)cc(Cl)cc2n1. The third kappa shape index (κ3) is 3.05. The van der Waals surface area contributed by atoms with E-state index in [1.807, 2.05) is 6.92 Å². The number of aromatic hydroxyl groups is 1. The number of halogens is 4. The molecular weight excluding hydrogens is 429 g/mol. The van der Waals surface area contributed by atoms with E-state index in [4.69, 9.17) is 11.6 Å². The van der Waals surface area contributed by atoms with Crippen LogP contribution >= 0.6 is 11.6 Å². The third-order valence-corrected chi connectivity index (χ3v) is 6.77. The molecule has 1 aromatic heterocycles. The highest BCUT2D eigenvalue weighted by molar-refractivity contribution is 6.31. The number of phenolic OH excluding ortho intramolecular Hbond substituents is 1. The number of pyridine rings is 1. The molecule has 31 heavy (non-hydrogen) atoms. The van der Waals surface area contributed by atoms with Crippen LogP contribution in [0.2, 0.25) is 5.02 Å². The van der Waals surface area contributed by atoms with Crippen LogP contribution in [0.5, 0.6) is 5.75 Å². The fourth-order valence-corrected chi connectivity index (χ4v) is 5.17. The lowest BCUT2D eigenvalue weighted by Crippen LogP contribution is -2.57. The normalized spacial score (nSPS) is 24.3. The first-order valence-corrected chi connectivity index (χ1v) is 10.4. The van der Waals surface area contributed by atoms with Crippen LogP contribution in [0.15, 0.2) is 42.5 Å². The summed E-state index contributed by atoms with van der Waals surface area (Å²) in [5, 5.41) is 25.5. The van der Waals surface area contributed by atoms with E-state index in [1.54, 1.807) is 18.2 Å². The minimum atomic E-state index is -4.88. The van der Waals surface area contributed by atoms with Crippen LogP contribution in [-0.2, 0) is 5.41 Å². The van der Waals surface area contributed by atoms with Crippen molar-refractivity contribution in [1.29, 1.82) is 0 Å². The van der Waals surface area contributed by atoms with Gasteiger partial charge in [0.2, 0.25) is 0 Å². The molecule has 2 aliphatic rings. The van der Waals surface area contributed by atoms with Crippen LogP contribution in [-0.4, -0.2) is 27.0 Å². The molecule has 1 heterocycles. The van der Waals surface area contributed by atoms with Crippen molar-refractivity contribution in [3.63, 3.8) is 0 Å². The van der Waals surface area contributed by atoms with Crippen molar-refractivity contribution in [3.05, 3.63) is 64.3 Å². The molecule has 0 aliphatic heterocycles. The molecule has 2 aromatic carbocycles. The number of hydrogen-bond donors (Lipinski definition) is 3. The minimum Gasteiger partial charge on any atom is -0.508 e. The van der Waals surface area contributed by atoms with Crippen molar-refractivity contribution >= 4 is 28.2 Å². The van der Waals surface area contributed by atoms with Gasteiger partial charge in [0, 0.05) is 32.8 Å². The van der Waals surface area contributed by atoms with Crippen LogP contribution in [0.1, 0.15) is 42.1 Å². The first kappa shape index (κ1) is 20.4. The average Bonchev–Trinajstić information content (AvgIpc) is 3.42. The maximum atomic E-state index is 14.3. The summed E-state index contributed by atoms with van der Waals surface area (Å²) in [6, 6.07) is 9.69. The number of nitrogens with zero attached hydrogens (tertiary/aromatic N) is 1. The fourth-order valence-electron chi connectivity index (χ4n) is 4.96. The Bertz CT molecular complexity index is 1200. The number of nitrogens with one attached hydrogen (secondary N) is 1. The number of aromatic nitrogens is 1. The molecular formula is C23H20ClF3N2O2. The van der Waals surface area contributed by atoms with Crippen LogP contribution in [0, 0.1) is 6.92 Å². The van der Waals surface area contributed by atoms with E-state index in [9.17, 15) is 23.4 Å². The molecule has 162 valence electrons. The highest BCUT2D eigenvalue weighted by atomic mass is 35.5. The van der Waals surface area contributed by atoms with Gasteiger partial charge in [0.1, 0.15) is 5.75 Å². The molecule has 2 atom stereocenters. The van der Waals surface area contributed by atoms with Gasteiger partial charge in [-0.3, -0.25) is 4.98 Å². The molecule has 0 radical (unpaired) electrons. The van der Waals surface area contributed by atoms with Crippen LogP contribution in [0.4, 0.5) is 18.9 Å². The van der Waals surface area contributed by atoms with E-state index >= 15 is 0 Å². The van der Waals surface area contributed by atoms with Gasteiger partial charge in [0.05, 0.1) is 11.6 Å². The van der Waals surface area contributed by atoms with Crippen LogP contribution in [0.25, 0.3) is 10.9 Å². The van der Waals surface area contributed by atoms with Gasteiger partial charge in [0.15, 0.2) is 5.60 Å². The predicted octanol–water partition coefficient (Wildman–Crippen LogP) is 5.78. The van der Waals surface area contributed by atoms with Crippen molar-refractivity contribution in [2.75, 3.05) is 5.32 Å². The molecule has 8 heteroatoms. The topological polar surface area (TPSA) is 65.4 Å². The van der Waals surface area contributed by atoms with Gasteiger partial charge in [-0.2, -0.15) is 13.2 Å². The molecule has 1 saturated carbocycles. The van der Waals surface area contributed by atoms with E-state index in [-0.39, 0.29) is 11.3 Å². The molecule has 3 aromatic rings. The van der Waals surface area contributed by atoms with Crippen molar-refractivity contribution in [3.8, 4) is 5.75 Å². The van der Waals surface area contributed by atoms with Crippen molar-refractivity contribution in [2.24, 2.45) is 0 Å². The zero-order valence-corrected chi connectivity index (χ0v) is 17.3. The minimum absolute atomic E-state index is 0.0423. The Morgan fingerprint density at radius 2 is 1.90 bits per heavy atom.